The molecule has 1 heterocycles. The van der Waals surface area contributed by atoms with Gasteiger partial charge in [0.25, 0.3) is 0 Å². The number of carboxylic acids is 1. The second-order valence-corrected chi connectivity index (χ2v) is 4.96. The van der Waals surface area contributed by atoms with E-state index in [4.69, 9.17) is 5.11 Å². The predicted molar refractivity (Wildman–Crippen MR) is 71.9 cm³/mol. The van der Waals surface area contributed by atoms with Gasteiger partial charge >= 0.3 is 5.97 Å². The van der Waals surface area contributed by atoms with Gasteiger partial charge < -0.3 is 5.11 Å². The Labute approximate surface area is 116 Å². The van der Waals surface area contributed by atoms with E-state index >= 15 is 0 Å². The van der Waals surface area contributed by atoms with Crippen LogP contribution in [0.3, 0.4) is 0 Å². The number of hydrogen-bond acceptors (Lipinski definition) is 3. The van der Waals surface area contributed by atoms with Crippen LogP contribution in [0.4, 0.5) is 4.39 Å². The molecular formula is C14H16FN3O2. The molecule has 0 saturated carbocycles. The second kappa shape index (κ2) is 5.40. The van der Waals surface area contributed by atoms with Crippen LogP contribution in [0, 0.1) is 12.7 Å². The van der Waals surface area contributed by atoms with Gasteiger partial charge in [-0.3, -0.25) is 4.79 Å². The van der Waals surface area contributed by atoms with Gasteiger partial charge in [-0.1, -0.05) is 13.8 Å². The highest BCUT2D eigenvalue weighted by molar-refractivity contribution is 5.66. The summed E-state index contributed by atoms with van der Waals surface area (Å²) < 4.78 is 14.7. The molecule has 0 fully saturated rings. The van der Waals surface area contributed by atoms with Gasteiger partial charge in [0.05, 0.1) is 0 Å². The highest BCUT2D eigenvalue weighted by Gasteiger charge is 2.16. The first-order chi connectivity index (χ1) is 9.38. The molecule has 0 aliphatic carbocycles. The monoisotopic (exact) mass is 277 g/mol. The van der Waals surface area contributed by atoms with E-state index in [1.54, 1.807) is 19.1 Å². The smallest absolute Gasteiger partial charge is 0.325 e. The number of hydrogen-bond donors (Lipinski definition) is 1. The van der Waals surface area contributed by atoms with Crippen molar-refractivity contribution in [2.45, 2.75) is 33.2 Å². The van der Waals surface area contributed by atoms with Gasteiger partial charge in [0.15, 0.2) is 5.82 Å². The fourth-order valence-electron chi connectivity index (χ4n) is 1.93. The van der Waals surface area contributed by atoms with Crippen LogP contribution in [-0.2, 0) is 11.3 Å². The Morgan fingerprint density at radius 3 is 2.70 bits per heavy atom. The molecule has 1 aromatic heterocycles. The van der Waals surface area contributed by atoms with Gasteiger partial charge in [-0.2, -0.15) is 5.10 Å². The lowest BCUT2D eigenvalue weighted by molar-refractivity contribution is -0.137. The van der Waals surface area contributed by atoms with Gasteiger partial charge in [-0.15, -0.1) is 0 Å². The number of rotatable bonds is 4. The molecule has 0 unspecified atom stereocenters. The van der Waals surface area contributed by atoms with E-state index in [2.05, 4.69) is 10.1 Å². The van der Waals surface area contributed by atoms with Crippen molar-refractivity contribution in [3.05, 3.63) is 35.4 Å². The molecule has 1 N–H and O–H groups in total. The predicted octanol–water partition coefficient (Wildman–Crippen LogP) is 2.60. The quantitative estimate of drug-likeness (QED) is 0.932. The average molecular weight is 277 g/mol. The molecule has 106 valence electrons. The Balaban J connectivity index is 2.46. The first-order valence-corrected chi connectivity index (χ1v) is 6.31. The molecule has 2 rings (SSSR count). The Morgan fingerprint density at radius 1 is 1.45 bits per heavy atom. The number of aromatic nitrogens is 3. The van der Waals surface area contributed by atoms with E-state index in [1.807, 2.05) is 13.8 Å². The molecule has 0 spiro atoms. The highest BCUT2D eigenvalue weighted by Crippen LogP contribution is 2.21. The zero-order valence-corrected chi connectivity index (χ0v) is 11.6. The molecule has 0 radical (unpaired) electrons. The van der Waals surface area contributed by atoms with Crippen LogP contribution in [0.15, 0.2) is 18.2 Å². The summed E-state index contributed by atoms with van der Waals surface area (Å²) in [5.74, 6) is -0.194. The fourth-order valence-corrected chi connectivity index (χ4v) is 1.93. The van der Waals surface area contributed by atoms with Crippen molar-refractivity contribution in [2.75, 3.05) is 0 Å². The zero-order valence-electron chi connectivity index (χ0n) is 11.6. The Morgan fingerprint density at radius 2 is 2.15 bits per heavy atom. The van der Waals surface area contributed by atoms with Gasteiger partial charge in [0.1, 0.15) is 18.2 Å². The van der Waals surface area contributed by atoms with E-state index in [9.17, 15) is 9.18 Å². The lowest BCUT2D eigenvalue weighted by atomic mass is 10.1. The summed E-state index contributed by atoms with van der Waals surface area (Å²) in [6.07, 6.45) is 0. The summed E-state index contributed by atoms with van der Waals surface area (Å²) in [6, 6.07) is 4.60. The van der Waals surface area contributed by atoms with Gasteiger partial charge in [0.2, 0.25) is 0 Å². The minimum Gasteiger partial charge on any atom is -0.480 e. The van der Waals surface area contributed by atoms with Crippen molar-refractivity contribution >= 4 is 5.97 Å². The number of halogens is 1. The van der Waals surface area contributed by atoms with Crippen molar-refractivity contribution in [1.82, 2.24) is 14.8 Å². The third kappa shape index (κ3) is 2.84. The molecule has 5 nitrogen and oxygen atoms in total. The van der Waals surface area contributed by atoms with Crippen molar-refractivity contribution in [3.63, 3.8) is 0 Å². The molecule has 0 bridgehead atoms. The third-order valence-electron chi connectivity index (χ3n) is 2.92. The molecule has 0 aliphatic heterocycles. The van der Waals surface area contributed by atoms with Crippen molar-refractivity contribution in [3.8, 4) is 11.4 Å². The first-order valence-electron chi connectivity index (χ1n) is 6.31. The maximum absolute atomic E-state index is 13.3. The highest BCUT2D eigenvalue weighted by atomic mass is 19.1. The molecule has 0 atom stereocenters. The van der Waals surface area contributed by atoms with E-state index in [0.29, 0.717) is 22.8 Å². The van der Waals surface area contributed by atoms with E-state index in [0.717, 1.165) is 0 Å². The first kappa shape index (κ1) is 14.2. The molecule has 0 saturated heterocycles. The zero-order chi connectivity index (χ0) is 14.9. The SMILES string of the molecule is Cc1cc(-c2nc(C(C)C)n(CC(=O)O)n2)ccc1F. The summed E-state index contributed by atoms with van der Waals surface area (Å²) >= 11 is 0. The topological polar surface area (TPSA) is 68.0 Å². The van der Waals surface area contributed by atoms with Crippen LogP contribution >= 0.6 is 0 Å². The van der Waals surface area contributed by atoms with Crippen molar-refractivity contribution < 1.29 is 14.3 Å². The van der Waals surface area contributed by atoms with Gasteiger partial charge in [0, 0.05) is 11.5 Å². The van der Waals surface area contributed by atoms with Gasteiger partial charge in [-0.05, 0) is 30.7 Å². The van der Waals surface area contributed by atoms with Crippen molar-refractivity contribution in [1.29, 1.82) is 0 Å². The summed E-state index contributed by atoms with van der Waals surface area (Å²) in [7, 11) is 0. The molecule has 6 heteroatoms. The summed E-state index contributed by atoms with van der Waals surface area (Å²) in [6.45, 7) is 5.27. The summed E-state index contributed by atoms with van der Waals surface area (Å²) in [5.41, 5.74) is 1.18. The summed E-state index contributed by atoms with van der Waals surface area (Å²) in [4.78, 5) is 15.2. The Bertz CT molecular complexity index is 650. The maximum Gasteiger partial charge on any atom is 0.325 e. The number of nitrogens with zero attached hydrogens (tertiary/aromatic N) is 3. The Kier molecular flexibility index (Phi) is 3.83. The molecule has 20 heavy (non-hydrogen) atoms. The number of aryl methyl sites for hydroxylation is 1. The van der Waals surface area contributed by atoms with E-state index in [-0.39, 0.29) is 18.3 Å². The molecule has 0 amide bonds. The Hall–Kier alpha value is -2.24. The van der Waals surface area contributed by atoms with Crippen LogP contribution in [-0.4, -0.2) is 25.8 Å². The standard InChI is InChI=1S/C14H16FN3O2/c1-8(2)14-16-13(17-18(14)7-12(19)20)10-4-5-11(15)9(3)6-10/h4-6,8H,7H2,1-3H3,(H,19,20). The molecular weight excluding hydrogens is 261 g/mol. The lowest BCUT2D eigenvalue weighted by Crippen LogP contribution is -2.14. The number of benzene rings is 1. The normalized spacial score (nSPS) is 11.1. The fraction of sp³-hybridized carbons (Fsp3) is 0.357. The number of carbonyl (C=O) groups is 1. The largest absolute Gasteiger partial charge is 0.480 e. The van der Waals surface area contributed by atoms with Crippen LogP contribution < -0.4 is 0 Å². The number of aliphatic carboxylic acids is 1. The van der Waals surface area contributed by atoms with Crippen LogP contribution in [0.2, 0.25) is 0 Å². The molecule has 2 aromatic rings. The van der Waals surface area contributed by atoms with Crippen LogP contribution in [0.1, 0.15) is 31.2 Å². The van der Waals surface area contributed by atoms with Gasteiger partial charge in [-0.25, -0.2) is 14.1 Å². The average Bonchev–Trinajstić information content (AvgIpc) is 2.76. The lowest BCUT2D eigenvalue weighted by Gasteiger charge is -2.04. The maximum atomic E-state index is 13.3. The third-order valence-corrected chi connectivity index (χ3v) is 2.92. The van der Waals surface area contributed by atoms with Crippen molar-refractivity contribution in [2.24, 2.45) is 0 Å². The molecule has 1 aromatic carbocycles. The minimum absolute atomic E-state index is 0.0529. The molecule has 0 aliphatic rings. The van der Waals surface area contributed by atoms with E-state index < -0.39 is 5.97 Å². The minimum atomic E-state index is -0.973. The van der Waals surface area contributed by atoms with Crippen LogP contribution in [0.25, 0.3) is 11.4 Å². The number of carboxylic acid groups (broad SMARTS) is 1. The van der Waals surface area contributed by atoms with E-state index in [1.165, 1.54) is 10.7 Å². The van der Waals surface area contributed by atoms with Crippen LogP contribution in [0.5, 0.6) is 0 Å². The summed E-state index contributed by atoms with van der Waals surface area (Å²) in [5, 5.41) is 13.1. The second-order valence-electron chi connectivity index (χ2n) is 4.96.